The van der Waals surface area contributed by atoms with E-state index < -0.39 is 0 Å². The average Bonchev–Trinajstić information content (AvgIpc) is 3.06. The Bertz CT molecular complexity index is 744. The van der Waals surface area contributed by atoms with E-state index in [1.165, 1.54) is 10.5 Å². The fourth-order valence-electron chi connectivity index (χ4n) is 2.58. The van der Waals surface area contributed by atoms with Crippen LogP contribution in [-0.4, -0.2) is 37.3 Å². The van der Waals surface area contributed by atoms with Gasteiger partial charge in [0.1, 0.15) is 0 Å². The zero-order valence-corrected chi connectivity index (χ0v) is 14.9. The van der Waals surface area contributed by atoms with Gasteiger partial charge in [0.15, 0.2) is 0 Å². The monoisotopic (exact) mass is 355 g/mol. The van der Waals surface area contributed by atoms with Gasteiger partial charge in [0.2, 0.25) is 0 Å². The first kappa shape index (κ1) is 17.4. The van der Waals surface area contributed by atoms with Crippen molar-refractivity contribution >= 4 is 29.4 Å². The van der Waals surface area contributed by atoms with E-state index in [-0.39, 0.29) is 11.9 Å². The molecule has 130 valence electrons. The fraction of sp³-hybridized carbons (Fsp3) is 0.263. The molecule has 1 fully saturated rings. The Morgan fingerprint density at radius 1 is 1.16 bits per heavy atom. The van der Waals surface area contributed by atoms with Crippen LogP contribution in [0.1, 0.15) is 15.9 Å². The highest BCUT2D eigenvalue weighted by Gasteiger charge is 2.21. The lowest BCUT2D eigenvalue weighted by Crippen LogP contribution is -2.28. The third-order valence-electron chi connectivity index (χ3n) is 3.98. The molecule has 3 amide bonds. The summed E-state index contributed by atoms with van der Waals surface area (Å²) in [5.41, 5.74) is 2.65. The van der Waals surface area contributed by atoms with Gasteiger partial charge in [-0.2, -0.15) is 0 Å². The van der Waals surface area contributed by atoms with Gasteiger partial charge in [-0.1, -0.05) is 17.7 Å². The van der Waals surface area contributed by atoms with E-state index in [2.05, 4.69) is 41.8 Å². The Morgan fingerprint density at radius 2 is 1.88 bits per heavy atom. The van der Waals surface area contributed by atoms with Crippen LogP contribution in [0.5, 0.6) is 0 Å². The smallest absolute Gasteiger partial charge is 0.321 e. The number of benzene rings is 2. The number of carbonyl (C=O) groups excluding carboxylic acids is 2. The normalized spacial score (nSPS) is 13.6. The van der Waals surface area contributed by atoms with Crippen molar-refractivity contribution in [1.29, 1.82) is 0 Å². The molecule has 0 radical (unpaired) electrons. The number of thioether (sulfide) groups is 1. The number of hydrogen-bond acceptors (Lipinski definition) is 3. The number of carbonyl (C=O) groups is 2. The van der Waals surface area contributed by atoms with Crippen molar-refractivity contribution in [1.82, 2.24) is 10.6 Å². The Labute approximate surface area is 151 Å². The second-order valence-corrected chi connectivity index (χ2v) is 7.02. The topological polar surface area (TPSA) is 61.4 Å². The van der Waals surface area contributed by atoms with E-state index >= 15 is 0 Å². The average molecular weight is 355 g/mol. The van der Waals surface area contributed by atoms with Crippen molar-refractivity contribution in [3.63, 3.8) is 0 Å². The zero-order chi connectivity index (χ0) is 17.6. The first-order chi connectivity index (χ1) is 12.1. The molecule has 0 saturated carbocycles. The third kappa shape index (κ3) is 4.54. The van der Waals surface area contributed by atoms with Crippen LogP contribution in [0.15, 0.2) is 53.4 Å². The van der Waals surface area contributed by atoms with Gasteiger partial charge in [-0.15, -0.1) is 11.8 Å². The molecule has 0 bridgehead atoms. The van der Waals surface area contributed by atoms with Gasteiger partial charge in [0.25, 0.3) is 5.91 Å². The first-order valence-corrected chi connectivity index (χ1v) is 9.25. The molecule has 25 heavy (non-hydrogen) atoms. The number of hydrogen-bond donors (Lipinski definition) is 2. The molecule has 2 aromatic rings. The van der Waals surface area contributed by atoms with Gasteiger partial charge in [-0.25, -0.2) is 4.79 Å². The fourth-order valence-corrected chi connectivity index (χ4v) is 3.35. The van der Waals surface area contributed by atoms with Gasteiger partial charge in [-0.05, 0) is 43.3 Å². The Kier molecular flexibility index (Phi) is 5.60. The minimum Gasteiger partial charge on any atom is -0.351 e. The number of aryl methyl sites for hydroxylation is 1. The minimum absolute atomic E-state index is 0.0923. The lowest BCUT2D eigenvalue weighted by molar-refractivity contribution is 0.0956. The molecule has 0 atom stereocenters. The highest BCUT2D eigenvalue weighted by molar-refractivity contribution is 7.99. The van der Waals surface area contributed by atoms with Crippen LogP contribution in [-0.2, 0) is 0 Å². The lowest BCUT2D eigenvalue weighted by Gasteiger charge is -2.14. The molecule has 0 spiro atoms. The summed E-state index contributed by atoms with van der Waals surface area (Å²) < 4.78 is 0. The number of nitrogens with zero attached hydrogens (tertiary/aromatic N) is 1. The van der Waals surface area contributed by atoms with E-state index in [9.17, 15) is 9.59 Å². The van der Waals surface area contributed by atoms with E-state index in [4.69, 9.17) is 0 Å². The van der Waals surface area contributed by atoms with Gasteiger partial charge in [-0.3, -0.25) is 9.69 Å². The molecule has 6 heteroatoms. The standard InChI is InChI=1S/C19H21N3O2S/c1-14-2-8-17(9-3-14)25-13-11-20-18(23)15-4-6-16(7-5-15)22-12-10-21-19(22)24/h2-9H,10-13H2,1H3,(H,20,23)(H,21,24). The molecule has 1 heterocycles. The van der Waals surface area contributed by atoms with Crippen molar-refractivity contribution in [2.75, 3.05) is 30.3 Å². The molecule has 1 aliphatic rings. The van der Waals surface area contributed by atoms with E-state index in [1.54, 1.807) is 40.9 Å². The molecule has 2 aromatic carbocycles. The van der Waals surface area contributed by atoms with Gasteiger partial charge in [0.05, 0.1) is 0 Å². The number of rotatable bonds is 6. The molecule has 0 unspecified atom stereocenters. The minimum atomic E-state index is -0.0954. The number of nitrogens with one attached hydrogen (secondary N) is 2. The van der Waals surface area contributed by atoms with Crippen LogP contribution >= 0.6 is 11.8 Å². The molecule has 0 aromatic heterocycles. The molecule has 1 saturated heterocycles. The number of amides is 3. The molecule has 0 aliphatic carbocycles. The Morgan fingerprint density at radius 3 is 2.52 bits per heavy atom. The Hall–Kier alpha value is -2.47. The maximum absolute atomic E-state index is 12.2. The predicted octanol–water partition coefficient (Wildman–Crippen LogP) is 3.05. The molecule has 3 rings (SSSR count). The van der Waals surface area contributed by atoms with Crippen molar-refractivity contribution in [2.45, 2.75) is 11.8 Å². The highest BCUT2D eigenvalue weighted by atomic mass is 32.2. The molecule has 5 nitrogen and oxygen atoms in total. The summed E-state index contributed by atoms with van der Waals surface area (Å²) in [4.78, 5) is 26.7. The molecular weight excluding hydrogens is 334 g/mol. The molecule has 1 aliphatic heterocycles. The Balaban J connectivity index is 1.46. The summed E-state index contributed by atoms with van der Waals surface area (Å²) in [6.45, 7) is 3.98. The quantitative estimate of drug-likeness (QED) is 0.618. The predicted molar refractivity (Wildman–Crippen MR) is 101 cm³/mol. The van der Waals surface area contributed by atoms with Crippen LogP contribution < -0.4 is 15.5 Å². The first-order valence-electron chi connectivity index (χ1n) is 8.26. The summed E-state index contributed by atoms with van der Waals surface area (Å²) in [5, 5.41) is 5.69. The summed E-state index contributed by atoms with van der Waals surface area (Å²) in [6, 6.07) is 15.4. The SMILES string of the molecule is Cc1ccc(SCCNC(=O)c2ccc(N3CCNC3=O)cc2)cc1. The van der Waals surface area contributed by atoms with Crippen LogP contribution in [0.25, 0.3) is 0 Å². The van der Waals surface area contributed by atoms with Crippen LogP contribution in [0.3, 0.4) is 0 Å². The molecular formula is C19H21N3O2S. The highest BCUT2D eigenvalue weighted by Crippen LogP contribution is 2.18. The van der Waals surface area contributed by atoms with Gasteiger partial charge in [0, 0.05) is 41.5 Å². The van der Waals surface area contributed by atoms with E-state index in [0.717, 1.165) is 11.4 Å². The second-order valence-electron chi connectivity index (χ2n) is 5.85. The van der Waals surface area contributed by atoms with Crippen molar-refractivity contribution < 1.29 is 9.59 Å². The maximum atomic E-state index is 12.2. The number of urea groups is 1. The van der Waals surface area contributed by atoms with Gasteiger partial charge < -0.3 is 10.6 Å². The van der Waals surface area contributed by atoms with Crippen molar-refractivity contribution in [3.8, 4) is 0 Å². The molecule has 2 N–H and O–H groups in total. The van der Waals surface area contributed by atoms with E-state index in [1.807, 2.05) is 0 Å². The van der Waals surface area contributed by atoms with Gasteiger partial charge >= 0.3 is 6.03 Å². The van der Waals surface area contributed by atoms with Crippen LogP contribution in [0.2, 0.25) is 0 Å². The third-order valence-corrected chi connectivity index (χ3v) is 4.99. The number of anilines is 1. The second kappa shape index (κ2) is 8.07. The summed E-state index contributed by atoms with van der Waals surface area (Å²) in [6.07, 6.45) is 0. The largest absolute Gasteiger partial charge is 0.351 e. The van der Waals surface area contributed by atoms with Crippen molar-refractivity contribution in [3.05, 3.63) is 59.7 Å². The lowest BCUT2D eigenvalue weighted by atomic mass is 10.2. The van der Waals surface area contributed by atoms with Crippen LogP contribution in [0, 0.1) is 6.92 Å². The van der Waals surface area contributed by atoms with Crippen LogP contribution in [0.4, 0.5) is 10.5 Å². The summed E-state index contributed by atoms with van der Waals surface area (Å²) in [7, 11) is 0. The maximum Gasteiger partial charge on any atom is 0.321 e. The summed E-state index contributed by atoms with van der Waals surface area (Å²) >= 11 is 1.72. The van der Waals surface area contributed by atoms with Crippen molar-refractivity contribution in [2.24, 2.45) is 0 Å². The zero-order valence-electron chi connectivity index (χ0n) is 14.1. The summed E-state index contributed by atoms with van der Waals surface area (Å²) in [5.74, 6) is 0.725. The van der Waals surface area contributed by atoms with E-state index in [0.29, 0.717) is 25.2 Å².